The van der Waals surface area contributed by atoms with E-state index in [0.29, 0.717) is 16.5 Å². The van der Waals surface area contributed by atoms with E-state index in [1.54, 1.807) is 6.20 Å². The minimum absolute atomic E-state index is 0.306. The Morgan fingerprint density at radius 3 is 2.86 bits per heavy atom. The first kappa shape index (κ1) is 15.4. The van der Waals surface area contributed by atoms with Crippen LogP contribution in [0, 0.1) is 3.57 Å². The van der Waals surface area contributed by atoms with Gasteiger partial charge in [0.05, 0.1) is 12.2 Å². The molecule has 3 aliphatic heterocycles. The number of hydrogen-bond acceptors (Lipinski definition) is 6. The zero-order chi connectivity index (χ0) is 15.4. The molecule has 0 aromatic rings. The summed E-state index contributed by atoms with van der Waals surface area (Å²) in [5, 5.41) is 30.1. The van der Waals surface area contributed by atoms with E-state index in [4.69, 9.17) is 16.3 Å². The molecule has 0 bridgehead atoms. The Kier molecular flexibility index (Phi) is 3.87. The Morgan fingerprint density at radius 1 is 1.52 bits per heavy atom. The fourth-order valence-electron chi connectivity index (χ4n) is 2.53. The second-order valence-electron chi connectivity index (χ2n) is 5.13. The molecule has 3 aliphatic rings. The van der Waals surface area contributed by atoms with Crippen LogP contribution in [0.15, 0.2) is 12.5 Å². The summed E-state index contributed by atoms with van der Waals surface area (Å²) in [5.41, 5.74) is -0.939. The van der Waals surface area contributed by atoms with Gasteiger partial charge in [-0.3, -0.25) is 4.57 Å². The molecule has 9 heteroatoms. The van der Waals surface area contributed by atoms with Crippen molar-refractivity contribution in [3.8, 4) is 11.4 Å². The first-order valence-corrected chi connectivity index (χ1v) is 7.67. The lowest BCUT2D eigenvalue weighted by Gasteiger charge is -2.29. The van der Waals surface area contributed by atoms with Gasteiger partial charge in [0.15, 0.2) is 6.23 Å². The van der Waals surface area contributed by atoms with Crippen molar-refractivity contribution < 1.29 is 20.1 Å². The number of aliphatic hydroxyl groups excluding tert-OH is 2. The smallest absolute Gasteiger partial charge is 0.168 e. The normalized spacial score (nSPS) is 33.0. The molecule has 0 radical (unpaired) electrons. The number of ether oxygens (including phenoxy) is 1. The predicted molar refractivity (Wildman–Crippen MR) is 82.0 cm³/mol. The monoisotopic (exact) mass is 425 g/mol. The fraction of sp³-hybridized carbons (Fsp3) is 0.500. The lowest BCUT2D eigenvalue weighted by Crippen LogP contribution is -2.44. The summed E-state index contributed by atoms with van der Waals surface area (Å²) in [6.45, 7) is 1.05. The lowest BCUT2D eigenvalue weighted by molar-refractivity contribution is -0.0967. The Bertz CT molecular complexity index is 650. The molecule has 3 N–H and O–H groups in total. The highest BCUT2D eigenvalue weighted by molar-refractivity contribution is 14.1. The molecule has 0 amide bonds. The molecular weight excluding hydrogens is 413 g/mol. The maximum absolute atomic E-state index is 10.5. The first-order chi connectivity index (χ1) is 9.87. The zero-order valence-electron chi connectivity index (χ0n) is 10.9. The third-order valence-corrected chi connectivity index (χ3v) is 4.80. The molecule has 4 atom stereocenters. The SMILES string of the molecule is C[C@]1(O)C(n2cnc(Cl)c3c(I)cnc2-3)O[C@H](CO)[C@H]1O. The number of nitrogens with zero attached hydrogens (tertiary/aromatic N) is 3. The van der Waals surface area contributed by atoms with E-state index in [1.165, 1.54) is 17.8 Å². The fourth-order valence-corrected chi connectivity index (χ4v) is 3.56. The molecule has 3 rings (SSSR count). The van der Waals surface area contributed by atoms with Gasteiger partial charge < -0.3 is 20.1 Å². The summed E-state index contributed by atoms with van der Waals surface area (Å²) < 4.78 is 7.91. The predicted octanol–water partition coefficient (Wildman–Crippen LogP) is 0.642. The highest BCUT2D eigenvalue weighted by Crippen LogP contribution is 2.42. The van der Waals surface area contributed by atoms with Gasteiger partial charge in [0.1, 0.15) is 35.1 Å². The van der Waals surface area contributed by atoms with Crippen molar-refractivity contribution in [2.24, 2.45) is 0 Å². The van der Waals surface area contributed by atoms with Gasteiger partial charge in [0.2, 0.25) is 0 Å². The Balaban J connectivity index is 2.10. The zero-order valence-corrected chi connectivity index (χ0v) is 13.9. The van der Waals surface area contributed by atoms with E-state index >= 15 is 0 Å². The van der Waals surface area contributed by atoms with Crippen LogP contribution in [0.3, 0.4) is 0 Å². The van der Waals surface area contributed by atoms with E-state index in [2.05, 4.69) is 32.6 Å². The Morgan fingerprint density at radius 2 is 2.24 bits per heavy atom. The van der Waals surface area contributed by atoms with Crippen LogP contribution in [0.4, 0.5) is 0 Å². The summed E-state index contributed by atoms with van der Waals surface area (Å²) in [5.74, 6) is 0.496. The Hall–Kier alpha value is -0.520. The third kappa shape index (κ3) is 2.25. The molecule has 0 spiro atoms. The van der Waals surface area contributed by atoms with Gasteiger partial charge in [0.25, 0.3) is 0 Å². The van der Waals surface area contributed by atoms with Crippen molar-refractivity contribution in [1.29, 1.82) is 0 Å². The van der Waals surface area contributed by atoms with Gasteiger partial charge in [-0.05, 0) is 29.5 Å². The molecule has 3 heterocycles. The molecule has 0 aromatic carbocycles. The average Bonchev–Trinajstić information content (AvgIpc) is 2.93. The number of fused-ring (bicyclic) bond motifs is 1. The highest BCUT2D eigenvalue weighted by atomic mass is 127. The van der Waals surface area contributed by atoms with E-state index < -0.39 is 30.6 Å². The van der Waals surface area contributed by atoms with Gasteiger partial charge in [-0.2, -0.15) is 0 Å². The second kappa shape index (κ2) is 5.28. The summed E-state index contributed by atoms with van der Waals surface area (Å²) >= 11 is 8.17. The van der Waals surface area contributed by atoms with Gasteiger partial charge in [-0.25, -0.2) is 9.97 Å². The number of halogens is 2. The maximum atomic E-state index is 10.5. The number of rotatable bonds is 2. The van der Waals surface area contributed by atoms with Crippen molar-refractivity contribution >= 4 is 34.2 Å². The number of hydrogen-bond donors (Lipinski definition) is 3. The summed E-state index contributed by atoms with van der Waals surface area (Å²) in [6.07, 6.45) is 0.0118. The maximum Gasteiger partial charge on any atom is 0.168 e. The van der Waals surface area contributed by atoms with Crippen LogP contribution in [-0.2, 0) is 4.74 Å². The van der Waals surface area contributed by atoms with Gasteiger partial charge >= 0.3 is 0 Å². The van der Waals surface area contributed by atoms with Gasteiger partial charge in [0, 0.05) is 9.77 Å². The van der Waals surface area contributed by atoms with Crippen molar-refractivity contribution in [2.75, 3.05) is 6.61 Å². The van der Waals surface area contributed by atoms with Crippen molar-refractivity contribution in [3.05, 3.63) is 21.2 Å². The van der Waals surface area contributed by atoms with E-state index in [9.17, 15) is 15.3 Å². The molecule has 1 saturated heterocycles. The largest absolute Gasteiger partial charge is 0.394 e. The van der Waals surface area contributed by atoms with Gasteiger partial charge in [-0.15, -0.1) is 0 Å². The third-order valence-electron chi connectivity index (χ3n) is 3.70. The molecular formula is C12H13ClIN3O4. The highest BCUT2D eigenvalue weighted by Gasteiger charge is 2.53. The summed E-state index contributed by atoms with van der Waals surface area (Å²) in [6, 6.07) is 0. The number of aromatic nitrogens is 3. The number of aliphatic hydroxyl groups is 3. The average molecular weight is 426 g/mol. The summed E-state index contributed by atoms with van der Waals surface area (Å²) in [7, 11) is 0. The quantitative estimate of drug-likeness (QED) is 0.482. The van der Waals surface area contributed by atoms with Crippen LogP contribution >= 0.6 is 34.2 Å². The molecule has 0 aromatic heterocycles. The topological polar surface area (TPSA) is 101 Å². The van der Waals surface area contributed by atoms with Crippen LogP contribution in [0.25, 0.3) is 11.4 Å². The minimum Gasteiger partial charge on any atom is -0.394 e. The molecule has 0 aliphatic carbocycles. The van der Waals surface area contributed by atoms with E-state index in [1.807, 2.05) is 0 Å². The van der Waals surface area contributed by atoms with Gasteiger partial charge in [-0.1, -0.05) is 11.6 Å². The van der Waals surface area contributed by atoms with Crippen LogP contribution in [0.2, 0.25) is 5.15 Å². The molecule has 114 valence electrons. The molecule has 1 unspecified atom stereocenters. The molecule has 7 nitrogen and oxygen atoms in total. The first-order valence-electron chi connectivity index (χ1n) is 6.21. The van der Waals surface area contributed by atoms with Crippen LogP contribution < -0.4 is 0 Å². The van der Waals surface area contributed by atoms with Crippen molar-refractivity contribution in [2.45, 2.75) is 31.0 Å². The van der Waals surface area contributed by atoms with E-state index in [-0.39, 0.29) is 0 Å². The minimum atomic E-state index is -1.59. The van der Waals surface area contributed by atoms with Crippen LogP contribution in [0.5, 0.6) is 0 Å². The molecule has 1 fully saturated rings. The molecule has 21 heavy (non-hydrogen) atoms. The summed E-state index contributed by atoms with van der Waals surface area (Å²) in [4.78, 5) is 8.34. The van der Waals surface area contributed by atoms with Crippen molar-refractivity contribution in [1.82, 2.24) is 14.5 Å². The standard InChI is InChI=1S/C12H13ClIN3O4/c1-12(20)8(19)6(3-18)21-11(12)17-4-16-9(13)7-5(14)2-15-10(7)17/h2,4,6,8,11,18-20H,3H2,1H3/t6-,8-,11?,12-/m1/s1. The van der Waals surface area contributed by atoms with Crippen LogP contribution in [-0.4, -0.2) is 54.3 Å². The van der Waals surface area contributed by atoms with Crippen molar-refractivity contribution in [3.63, 3.8) is 0 Å². The molecule has 0 saturated carbocycles. The van der Waals surface area contributed by atoms with E-state index in [0.717, 1.165) is 3.57 Å². The van der Waals surface area contributed by atoms with Crippen LogP contribution in [0.1, 0.15) is 13.2 Å². The lowest BCUT2D eigenvalue weighted by atomic mass is 9.96. The Labute approximate surface area is 139 Å². The second-order valence-corrected chi connectivity index (χ2v) is 6.65.